The fourth-order valence-corrected chi connectivity index (χ4v) is 1.77. The van der Waals surface area contributed by atoms with Crippen LogP contribution in [0.25, 0.3) is 0 Å². The Morgan fingerprint density at radius 1 is 1.37 bits per heavy atom. The van der Waals surface area contributed by atoms with E-state index in [1.165, 1.54) is 0 Å². The van der Waals surface area contributed by atoms with Crippen molar-refractivity contribution in [2.24, 2.45) is 0 Å². The lowest BCUT2D eigenvalue weighted by atomic mass is 10.1. The first-order valence-corrected chi connectivity index (χ1v) is 6.08. The van der Waals surface area contributed by atoms with Gasteiger partial charge in [-0.05, 0) is 30.3 Å². The van der Waals surface area contributed by atoms with Gasteiger partial charge in [0.25, 0.3) is 5.91 Å². The van der Waals surface area contributed by atoms with E-state index in [4.69, 9.17) is 10.2 Å². The number of nitrogen functional groups attached to an aromatic ring is 1. The topological polar surface area (TPSA) is 80.3 Å². The molecule has 0 aliphatic rings. The summed E-state index contributed by atoms with van der Waals surface area (Å²) in [5.41, 5.74) is 7.83. The van der Waals surface area contributed by atoms with Crippen molar-refractivity contribution in [3.05, 3.63) is 47.9 Å². The maximum atomic E-state index is 11.5. The number of benzene rings is 1. The highest BCUT2D eigenvalue weighted by Gasteiger charge is 2.06. The molecule has 2 aromatic rings. The van der Waals surface area contributed by atoms with E-state index < -0.39 is 0 Å². The van der Waals surface area contributed by atoms with Crippen molar-refractivity contribution in [2.75, 3.05) is 24.6 Å². The Labute approximate surface area is 111 Å². The lowest BCUT2D eigenvalue weighted by Crippen LogP contribution is -2.18. The molecule has 1 heterocycles. The van der Waals surface area contributed by atoms with Gasteiger partial charge in [-0.15, -0.1) is 0 Å². The summed E-state index contributed by atoms with van der Waals surface area (Å²) in [7, 11) is 1.60. The molecule has 0 saturated carbocycles. The summed E-state index contributed by atoms with van der Waals surface area (Å²) in [6, 6.07) is 8.95. The zero-order valence-electron chi connectivity index (χ0n) is 10.8. The van der Waals surface area contributed by atoms with Crippen LogP contribution in [0.2, 0.25) is 0 Å². The van der Waals surface area contributed by atoms with Crippen LogP contribution in [-0.2, 0) is 6.42 Å². The number of nitrogens with two attached hydrogens (primary N) is 1. The molecule has 1 amide bonds. The zero-order valence-corrected chi connectivity index (χ0v) is 10.8. The van der Waals surface area contributed by atoms with Crippen LogP contribution in [0.4, 0.5) is 11.4 Å². The van der Waals surface area contributed by atoms with E-state index in [0.717, 1.165) is 17.9 Å². The number of hydrogen-bond donors (Lipinski definition) is 3. The van der Waals surface area contributed by atoms with Crippen molar-refractivity contribution in [1.82, 2.24) is 5.32 Å². The summed E-state index contributed by atoms with van der Waals surface area (Å²) in [4.78, 5) is 11.5. The van der Waals surface area contributed by atoms with Crippen LogP contribution >= 0.6 is 0 Å². The summed E-state index contributed by atoms with van der Waals surface area (Å²) >= 11 is 0. The quantitative estimate of drug-likeness (QED) is 0.716. The van der Waals surface area contributed by atoms with Gasteiger partial charge in [-0.2, -0.15) is 0 Å². The summed E-state index contributed by atoms with van der Waals surface area (Å²) < 4.78 is 5.25. The van der Waals surface area contributed by atoms with Gasteiger partial charge >= 0.3 is 0 Å². The van der Waals surface area contributed by atoms with Crippen LogP contribution in [0, 0.1) is 0 Å². The molecule has 5 nitrogen and oxygen atoms in total. The normalized spacial score (nSPS) is 10.2. The standard InChI is InChI=1S/C14H17N3O2/c1-16-14(18)10-4-5-12(15)13(9-10)17-7-6-11-3-2-8-19-11/h2-5,8-9,17H,6-7,15H2,1H3,(H,16,18). The lowest BCUT2D eigenvalue weighted by Gasteiger charge is -2.10. The predicted octanol–water partition coefficient (Wildman–Crippen LogP) is 1.88. The number of furan rings is 1. The van der Waals surface area contributed by atoms with Crippen molar-refractivity contribution in [3.63, 3.8) is 0 Å². The lowest BCUT2D eigenvalue weighted by molar-refractivity contribution is 0.0963. The number of hydrogen-bond acceptors (Lipinski definition) is 4. The highest BCUT2D eigenvalue weighted by Crippen LogP contribution is 2.20. The average molecular weight is 259 g/mol. The third-order valence-corrected chi connectivity index (χ3v) is 2.81. The molecule has 0 spiro atoms. The second-order valence-electron chi connectivity index (χ2n) is 4.14. The molecule has 0 atom stereocenters. The molecule has 2 rings (SSSR count). The molecule has 0 fully saturated rings. The monoisotopic (exact) mass is 259 g/mol. The summed E-state index contributed by atoms with van der Waals surface area (Å²) in [5, 5.41) is 5.79. The SMILES string of the molecule is CNC(=O)c1ccc(N)c(NCCc2ccco2)c1. The van der Waals surface area contributed by atoms with Crippen LogP contribution in [-0.4, -0.2) is 19.5 Å². The van der Waals surface area contributed by atoms with Crippen LogP contribution in [0.3, 0.4) is 0 Å². The molecule has 4 N–H and O–H groups in total. The number of amides is 1. The average Bonchev–Trinajstić information content (AvgIpc) is 2.93. The number of anilines is 2. The first kappa shape index (κ1) is 13.0. The Balaban J connectivity index is 2.00. The first-order valence-electron chi connectivity index (χ1n) is 6.08. The molecule has 0 saturated heterocycles. The molecular formula is C14H17N3O2. The number of carbonyl (C=O) groups is 1. The Morgan fingerprint density at radius 2 is 2.21 bits per heavy atom. The number of rotatable bonds is 5. The zero-order chi connectivity index (χ0) is 13.7. The van der Waals surface area contributed by atoms with Gasteiger partial charge in [0.2, 0.25) is 0 Å². The molecule has 0 radical (unpaired) electrons. The minimum atomic E-state index is -0.130. The molecule has 100 valence electrons. The summed E-state index contributed by atoms with van der Waals surface area (Å²) in [6.45, 7) is 0.689. The van der Waals surface area contributed by atoms with Gasteiger partial charge in [-0.3, -0.25) is 4.79 Å². The summed E-state index contributed by atoms with van der Waals surface area (Å²) in [6.07, 6.45) is 2.41. The fraction of sp³-hybridized carbons (Fsp3) is 0.214. The third-order valence-electron chi connectivity index (χ3n) is 2.81. The Hall–Kier alpha value is -2.43. The van der Waals surface area contributed by atoms with E-state index >= 15 is 0 Å². The minimum Gasteiger partial charge on any atom is -0.469 e. The van der Waals surface area contributed by atoms with Crippen molar-refractivity contribution < 1.29 is 9.21 Å². The van der Waals surface area contributed by atoms with Crippen LogP contribution in [0.5, 0.6) is 0 Å². The van der Waals surface area contributed by atoms with Gasteiger partial charge in [0, 0.05) is 25.6 Å². The van der Waals surface area contributed by atoms with Gasteiger partial charge in [-0.25, -0.2) is 0 Å². The molecule has 0 aliphatic carbocycles. The maximum absolute atomic E-state index is 11.5. The Bertz CT molecular complexity index is 550. The van der Waals surface area contributed by atoms with Crippen LogP contribution < -0.4 is 16.4 Å². The van der Waals surface area contributed by atoms with Gasteiger partial charge in [0.1, 0.15) is 5.76 Å². The Morgan fingerprint density at radius 3 is 2.89 bits per heavy atom. The van der Waals surface area contributed by atoms with Crippen molar-refractivity contribution >= 4 is 17.3 Å². The van der Waals surface area contributed by atoms with E-state index in [0.29, 0.717) is 17.8 Å². The van der Waals surface area contributed by atoms with Crippen molar-refractivity contribution in [1.29, 1.82) is 0 Å². The highest BCUT2D eigenvalue weighted by atomic mass is 16.3. The van der Waals surface area contributed by atoms with E-state index in [9.17, 15) is 4.79 Å². The number of nitrogens with one attached hydrogen (secondary N) is 2. The van der Waals surface area contributed by atoms with Crippen LogP contribution in [0.15, 0.2) is 41.0 Å². The first-order chi connectivity index (χ1) is 9.20. The van der Waals surface area contributed by atoms with Crippen molar-refractivity contribution in [2.45, 2.75) is 6.42 Å². The molecule has 1 aromatic carbocycles. The summed E-state index contributed by atoms with van der Waals surface area (Å²) in [5.74, 6) is 0.780. The molecule has 0 bridgehead atoms. The molecule has 1 aromatic heterocycles. The van der Waals surface area contributed by atoms with E-state index in [-0.39, 0.29) is 5.91 Å². The molecule has 0 unspecified atom stereocenters. The predicted molar refractivity (Wildman–Crippen MR) is 75.1 cm³/mol. The highest BCUT2D eigenvalue weighted by molar-refractivity contribution is 5.96. The molecule has 5 heteroatoms. The number of carbonyl (C=O) groups excluding carboxylic acids is 1. The van der Waals surface area contributed by atoms with Crippen LogP contribution in [0.1, 0.15) is 16.1 Å². The van der Waals surface area contributed by atoms with E-state index in [1.54, 1.807) is 31.5 Å². The smallest absolute Gasteiger partial charge is 0.251 e. The van der Waals surface area contributed by atoms with Crippen molar-refractivity contribution in [3.8, 4) is 0 Å². The molecule has 0 aliphatic heterocycles. The second kappa shape index (κ2) is 5.95. The largest absolute Gasteiger partial charge is 0.469 e. The minimum absolute atomic E-state index is 0.130. The maximum Gasteiger partial charge on any atom is 0.251 e. The third kappa shape index (κ3) is 3.28. The molecule has 19 heavy (non-hydrogen) atoms. The van der Waals surface area contributed by atoms with Gasteiger partial charge in [0.05, 0.1) is 17.6 Å². The Kier molecular flexibility index (Phi) is 4.07. The molecular weight excluding hydrogens is 242 g/mol. The second-order valence-corrected chi connectivity index (χ2v) is 4.14. The van der Waals surface area contributed by atoms with Gasteiger partial charge in [0.15, 0.2) is 0 Å². The fourth-order valence-electron chi connectivity index (χ4n) is 1.77. The van der Waals surface area contributed by atoms with Gasteiger partial charge in [-0.1, -0.05) is 0 Å². The van der Waals surface area contributed by atoms with Gasteiger partial charge < -0.3 is 20.8 Å². The van der Waals surface area contributed by atoms with E-state index in [1.807, 2.05) is 12.1 Å². The van der Waals surface area contributed by atoms with E-state index in [2.05, 4.69) is 10.6 Å².